The molecule has 1 amide bonds. The van der Waals surface area contributed by atoms with E-state index < -0.39 is 11.9 Å². The number of carbonyl (C=O) groups excluding carboxylic acids is 1. The molecule has 0 saturated carbocycles. The Balaban J connectivity index is 0.000000688. The summed E-state index contributed by atoms with van der Waals surface area (Å²) >= 11 is 0. The van der Waals surface area contributed by atoms with Crippen LogP contribution in [-0.4, -0.2) is 40.7 Å². The van der Waals surface area contributed by atoms with Gasteiger partial charge in [0.1, 0.15) is 0 Å². The number of ether oxygens (including phenoxy) is 1. The third-order valence-corrected chi connectivity index (χ3v) is 2.87. The fraction of sp³-hybridized carbons (Fsp3) is 0.400. The van der Waals surface area contributed by atoms with Crippen molar-refractivity contribution in [2.75, 3.05) is 0 Å². The van der Waals surface area contributed by atoms with Gasteiger partial charge in [0.15, 0.2) is 0 Å². The van der Waals surface area contributed by atoms with E-state index in [-0.39, 0.29) is 12.1 Å². The average molecular weight is 326 g/mol. The van der Waals surface area contributed by atoms with Gasteiger partial charge in [0, 0.05) is 0 Å². The molecule has 0 aliphatic heterocycles. The number of rotatable bonds is 8. The van der Waals surface area contributed by atoms with E-state index in [1.54, 1.807) is 0 Å². The quantitative estimate of drug-likeness (QED) is 0.316. The Hall–Kier alpha value is -2.45. The summed E-state index contributed by atoms with van der Waals surface area (Å²) in [5.74, 6) is -3.65. The summed E-state index contributed by atoms with van der Waals surface area (Å²) in [4.78, 5) is 28.4. The van der Waals surface area contributed by atoms with E-state index in [0.717, 1.165) is 12.0 Å². The van der Waals surface area contributed by atoms with Crippen molar-refractivity contribution in [2.24, 2.45) is 0 Å². The zero-order valence-electron chi connectivity index (χ0n) is 13.1. The molecule has 23 heavy (non-hydrogen) atoms. The number of carbonyl (C=O) groups is 3. The summed E-state index contributed by atoms with van der Waals surface area (Å²) in [6, 6.07) is 10.1. The first kappa shape index (κ1) is 20.6. The van der Waals surface area contributed by atoms with Gasteiger partial charge >= 0.3 is 11.9 Å². The van der Waals surface area contributed by atoms with Crippen LogP contribution in [0.3, 0.4) is 0 Å². The number of nitrogens with one attached hydrogen (secondary N) is 2. The second-order valence-corrected chi connectivity index (χ2v) is 4.53. The summed E-state index contributed by atoms with van der Waals surface area (Å²) in [5.41, 5.74) is 6.53. The van der Waals surface area contributed by atoms with Crippen molar-refractivity contribution in [1.82, 2.24) is 10.9 Å². The van der Waals surface area contributed by atoms with E-state index in [1.807, 2.05) is 44.2 Å². The van der Waals surface area contributed by atoms with E-state index in [4.69, 9.17) is 24.5 Å². The SMILES string of the molecule is CC[C@@H](NNC=O)[C@@H](C)OCc1ccccc1.O=C(O)C(=O)O. The Kier molecular flexibility index (Phi) is 10.8. The fourth-order valence-corrected chi connectivity index (χ4v) is 1.61. The Morgan fingerprint density at radius 2 is 1.78 bits per heavy atom. The highest BCUT2D eigenvalue weighted by molar-refractivity contribution is 6.27. The van der Waals surface area contributed by atoms with Crippen molar-refractivity contribution in [1.29, 1.82) is 0 Å². The monoisotopic (exact) mass is 326 g/mol. The number of hydrogen-bond donors (Lipinski definition) is 4. The van der Waals surface area contributed by atoms with E-state index in [1.165, 1.54) is 0 Å². The summed E-state index contributed by atoms with van der Waals surface area (Å²) in [5, 5.41) is 14.8. The maximum absolute atomic E-state index is 10.2. The highest BCUT2D eigenvalue weighted by atomic mass is 16.5. The lowest BCUT2D eigenvalue weighted by Gasteiger charge is -2.23. The van der Waals surface area contributed by atoms with Gasteiger partial charge in [-0.15, -0.1) is 0 Å². The molecular formula is C15H22N2O6. The van der Waals surface area contributed by atoms with Gasteiger partial charge in [-0.1, -0.05) is 37.3 Å². The van der Waals surface area contributed by atoms with Crippen molar-refractivity contribution in [3.05, 3.63) is 35.9 Å². The summed E-state index contributed by atoms with van der Waals surface area (Å²) in [6.45, 7) is 4.63. The molecule has 1 aromatic rings. The zero-order chi connectivity index (χ0) is 17.7. The molecule has 1 rings (SSSR count). The van der Waals surface area contributed by atoms with Crippen LogP contribution < -0.4 is 10.9 Å². The first-order chi connectivity index (χ1) is 10.9. The van der Waals surface area contributed by atoms with Crippen LogP contribution >= 0.6 is 0 Å². The molecular weight excluding hydrogens is 304 g/mol. The molecule has 0 unspecified atom stereocenters. The molecule has 0 aliphatic carbocycles. The van der Waals surface area contributed by atoms with Gasteiger partial charge in [-0.2, -0.15) is 0 Å². The van der Waals surface area contributed by atoms with Crippen LogP contribution in [0.25, 0.3) is 0 Å². The van der Waals surface area contributed by atoms with Crippen LogP contribution in [0.4, 0.5) is 0 Å². The maximum Gasteiger partial charge on any atom is 0.414 e. The number of amides is 1. The topological polar surface area (TPSA) is 125 Å². The van der Waals surface area contributed by atoms with E-state index >= 15 is 0 Å². The van der Waals surface area contributed by atoms with Gasteiger partial charge in [0.05, 0.1) is 18.8 Å². The van der Waals surface area contributed by atoms with Gasteiger partial charge in [0.2, 0.25) is 6.41 Å². The first-order valence-electron chi connectivity index (χ1n) is 6.98. The second kappa shape index (κ2) is 12.1. The average Bonchev–Trinajstić information content (AvgIpc) is 2.55. The molecule has 0 fully saturated rings. The van der Waals surface area contributed by atoms with Gasteiger partial charge in [-0.3, -0.25) is 10.2 Å². The minimum atomic E-state index is -1.82. The van der Waals surface area contributed by atoms with Crippen LogP contribution in [0, 0.1) is 0 Å². The summed E-state index contributed by atoms with van der Waals surface area (Å²) in [7, 11) is 0. The lowest BCUT2D eigenvalue weighted by Crippen LogP contribution is -2.46. The largest absolute Gasteiger partial charge is 0.473 e. The minimum absolute atomic E-state index is 0.0349. The van der Waals surface area contributed by atoms with Crippen LogP contribution in [0.1, 0.15) is 25.8 Å². The highest BCUT2D eigenvalue weighted by Crippen LogP contribution is 2.07. The standard InChI is InChI=1S/C13H20N2O2.C2H2O4/c1-3-13(15-14-10-16)11(2)17-9-12-7-5-4-6-8-12;3-1(4)2(5)6/h4-8,10-11,13,15H,3,9H2,1-2H3,(H,14,16);(H,3,4)(H,5,6)/t11-,13-;/m1./s1. The second-order valence-electron chi connectivity index (χ2n) is 4.53. The number of carboxylic acid groups (broad SMARTS) is 2. The van der Waals surface area contributed by atoms with Crippen molar-refractivity contribution in [3.8, 4) is 0 Å². The number of benzene rings is 1. The molecule has 128 valence electrons. The number of aliphatic carboxylic acids is 2. The Morgan fingerprint density at radius 1 is 1.22 bits per heavy atom. The molecule has 0 bridgehead atoms. The molecule has 0 aromatic heterocycles. The van der Waals surface area contributed by atoms with Gasteiger partial charge < -0.3 is 14.9 Å². The zero-order valence-corrected chi connectivity index (χ0v) is 13.1. The van der Waals surface area contributed by atoms with E-state index in [9.17, 15) is 4.79 Å². The van der Waals surface area contributed by atoms with Gasteiger partial charge in [-0.05, 0) is 18.9 Å². The molecule has 4 N–H and O–H groups in total. The van der Waals surface area contributed by atoms with Crippen LogP contribution in [-0.2, 0) is 25.7 Å². The Bertz CT molecular complexity index is 468. The lowest BCUT2D eigenvalue weighted by molar-refractivity contribution is -0.159. The molecule has 0 spiro atoms. The maximum atomic E-state index is 10.2. The number of hydrogen-bond acceptors (Lipinski definition) is 5. The van der Waals surface area contributed by atoms with Gasteiger partial charge in [0.25, 0.3) is 0 Å². The first-order valence-corrected chi connectivity index (χ1v) is 6.98. The van der Waals surface area contributed by atoms with Crippen LogP contribution in [0.15, 0.2) is 30.3 Å². The molecule has 8 heteroatoms. The normalized spacial score (nSPS) is 12.3. The third kappa shape index (κ3) is 9.99. The molecule has 2 atom stereocenters. The van der Waals surface area contributed by atoms with Gasteiger partial charge in [-0.25, -0.2) is 15.0 Å². The Labute approximate surface area is 134 Å². The predicted molar refractivity (Wildman–Crippen MR) is 82.4 cm³/mol. The smallest absolute Gasteiger partial charge is 0.414 e. The summed E-state index contributed by atoms with van der Waals surface area (Å²) < 4.78 is 5.76. The van der Waals surface area contributed by atoms with Crippen LogP contribution in [0.2, 0.25) is 0 Å². The van der Waals surface area contributed by atoms with Crippen molar-refractivity contribution in [3.63, 3.8) is 0 Å². The highest BCUT2D eigenvalue weighted by Gasteiger charge is 2.15. The number of carboxylic acids is 2. The number of hydrazine groups is 1. The molecule has 8 nitrogen and oxygen atoms in total. The predicted octanol–water partition coefficient (Wildman–Crippen LogP) is 0.776. The summed E-state index contributed by atoms with van der Waals surface area (Å²) in [6.07, 6.45) is 1.55. The van der Waals surface area contributed by atoms with Crippen molar-refractivity contribution >= 4 is 18.3 Å². The third-order valence-electron chi connectivity index (χ3n) is 2.87. The van der Waals surface area contributed by atoms with Crippen molar-refractivity contribution < 1.29 is 29.3 Å². The van der Waals surface area contributed by atoms with Crippen molar-refractivity contribution in [2.45, 2.75) is 39.0 Å². The van der Waals surface area contributed by atoms with E-state index in [0.29, 0.717) is 13.0 Å². The molecule has 0 radical (unpaired) electrons. The minimum Gasteiger partial charge on any atom is -0.473 e. The van der Waals surface area contributed by atoms with E-state index in [2.05, 4.69) is 10.9 Å². The lowest BCUT2D eigenvalue weighted by atomic mass is 10.1. The fourth-order valence-electron chi connectivity index (χ4n) is 1.61. The Morgan fingerprint density at radius 3 is 2.22 bits per heavy atom. The molecule has 0 heterocycles. The molecule has 0 saturated heterocycles. The molecule has 1 aromatic carbocycles. The molecule has 0 aliphatic rings. The van der Waals surface area contributed by atoms with Crippen LogP contribution in [0.5, 0.6) is 0 Å².